The Morgan fingerprint density at radius 3 is 2.64 bits per heavy atom. The Hall–Kier alpha value is -1.43. The van der Waals surface area contributed by atoms with E-state index in [2.05, 4.69) is 39.4 Å². The molecule has 0 bridgehead atoms. The summed E-state index contributed by atoms with van der Waals surface area (Å²) in [6.07, 6.45) is -0.0145. The van der Waals surface area contributed by atoms with Gasteiger partial charge in [0.2, 0.25) is 0 Å². The molecule has 5 heteroatoms. The molecular weight excluding hydrogens is 278 g/mol. The number of likely N-dealkylation sites (tertiary alicyclic amines) is 1. The number of benzene rings is 1. The maximum absolute atomic E-state index is 11.4. The molecule has 2 fully saturated rings. The molecule has 2 atom stereocenters. The summed E-state index contributed by atoms with van der Waals surface area (Å²) in [5.41, 5.74) is 1.31. The summed E-state index contributed by atoms with van der Waals surface area (Å²) < 4.78 is 5.60. The number of nitrogens with one attached hydrogen (secondary N) is 1. The van der Waals surface area contributed by atoms with Crippen LogP contribution in [0.3, 0.4) is 0 Å². The molecule has 0 spiro atoms. The largest absolute Gasteiger partial charge is 0.459 e. The third-order valence-electron chi connectivity index (χ3n) is 4.50. The molecule has 2 aliphatic rings. The SMILES string of the molecule is CC(=O)O[C@H]1CN(Cc2ccccc2)C[C@@H]1N1CCNCC1. The number of piperazine rings is 1. The van der Waals surface area contributed by atoms with Crippen LogP contribution in [0.15, 0.2) is 30.3 Å². The van der Waals surface area contributed by atoms with E-state index in [9.17, 15) is 4.79 Å². The van der Waals surface area contributed by atoms with Crippen molar-refractivity contribution in [3.63, 3.8) is 0 Å². The number of carbonyl (C=O) groups excluding carboxylic acids is 1. The fourth-order valence-electron chi connectivity index (χ4n) is 3.50. The Labute approximate surface area is 132 Å². The summed E-state index contributed by atoms with van der Waals surface area (Å²) in [5.74, 6) is -0.174. The summed E-state index contributed by atoms with van der Waals surface area (Å²) in [7, 11) is 0. The van der Waals surface area contributed by atoms with Crippen LogP contribution in [0.25, 0.3) is 0 Å². The molecule has 2 aliphatic heterocycles. The van der Waals surface area contributed by atoms with E-state index in [1.165, 1.54) is 12.5 Å². The van der Waals surface area contributed by atoms with Gasteiger partial charge in [0.15, 0.2) is 0 Å². The highest BCUT2D eigenvalue weighted by Gasteiger charge is 2.38. The Morgan fingerprint density at radius 2 is 1.95 bits per heavy atom. The standard InChI is InChI=1S/C17H25N3O2/c1-14(21)22-17-13-19(11-15-5-3-2-4-6-15)12-16(17)20-9-7-18-8-10-20/h2-6,16-18H,7-13H2,1H3/t16-,17-/m0/s1. The number of hydrogen-bond acceptors (Lipinski definition) is 5. The fourth-order valence-corrected chi connectivity index (χ4v) is 3.50. The number of rotatable bonds is 4. The highest BCUT2D eigenvalue weighted by molar-refractivity contribution is 5.66. The molecule has 1 N–H and O–H groups in total. The van der Waals surface area contributed by atoms with Gasteiger partial charge in [0, 0.05) is 52.7 Å². The maximum Gasteiger partial charge on any atom is 0.303 e. The Balaban J connectivity index is 1.66. The van der Waals surface area contributed by atoms with Crippen LogP contribution in [-0.2, 0) is 16.1 Å². The first kappa shape index (κ1) is 15.5. The molecule has 0 radical (unpaired) electrons. The summed E-state index contributed by atoms with van der Waals surface area (Å²) in [6.45, 7) is 8.30. The Bertz CT molecular complexity index is 488. The van der Waals surface area contributed by atoms with Gasteiger partial charge in [-0.3, -0.25) is 14.6 Å². The molecule has 3 rings (SSSR count). The van der Waals surface area contributed by atoms with Crippen molar-refractivity contribution in [1.82, 2.24) is 15.1 Å². The second kappa shape index (κ2) is 7.22. The molecule has 2 saturated heterocycles. The van der Waals surface area contributed by atoms with Crippen molar-refractivity contribution < 1.29 is 9.53 Å². The van der Waals surface area contributed by atoms with E-state index in [0.29, 0.717) is 6.04 Å². The number of ether oxygens (including phenoxy) is 1. The van der Waals surface area contributed by atoms with Crippen LogP contribution in [0.4, 0.5) is 0 Å². The predicted octanol–water partition coefficient (Wildman–Crippen LogP) is 0.708. The molecule has 0 saturated carbocycles. The second-order valence-corrected chi connectivity index (χ2v) is 6.18. The summed E-state index contributed by atoms with van der Waals surface area (Å²) in [6, 6.07) is 10.8. The van der Waals surface area contributed by atoms with Gasteiger partial charge in [-0.1, -0.05) is 30.3 Å². The van der Waals surface area contributed by atoms with Gasteiger partial charge in [0.05, 0.1) is 6.04 Å². The molecule has 120 valence electrons. The van der Waals surface area contributed by atoms with Crippen molar-refractivity contribution in [1.29, 1.82) is 0 Å². The molecule has 5 nitrogen and oxygen atoms in total. The number of esters is 1. The molecular formula is C17H25N3O2. The smallest absolute Gasteiger partial charge is 0.303 e. The van der Waals surface area contributed by atoms with Crippen molar-refractivity contribution in [2.45, 2.75) is 25.6 Å². The Kier molecular flexibility index (Phi) is 5.08. The lowest BCUT2D eigenvalue weighted by Gasteiger charge is -2.35. The summed E-state index contributed by atoms with van der Waals surface area (Å²) in [4.78, 5) is 16.3. The summed E-state index contributed by atoms with van der Waals surface area (Å²) >= 11 is 0. The minimum absolute atomic E-state index is 0.0145. The van der Waals surface area contributed by atoms with Crippen LogP contribution in [0.5, 0.6) is 0 Å². The van der Waals surface area contributed by atoms with Crippen molar-refractivity contribution >= 4 is 5.97 Å². The fraction of sp³-hybridized carbons (Fsp3) is 0.588. The van der Waals surface area contributed by atoms with E-state index < -0.39 is 0 Å². The molecule has 0 amide bonds. The van der Waals surface area contributed by atoms with E-state index in [4.69, 9.17) is 4.74 Å². The normalized spacial score (nSPS) is 27.0. The van der Waals surface area contributed by atoms with Crippen LogP contribution in [0, 0.1) is 0 Å². The monoisotopic (exact) mass is 303 g/mol. The van der Waals surface area contributed by atoms with E-state index in [1.807, 2.05) is 6.07 Å². The molecule has 1 aromatic rings. The number of nitrogens with zero attached hydrogens (tertiary/aromatic N) is 2. The minimum Gasteiger partial charge on any atom is -0.459 e. The molecule has 22 heavy (non-hydrogen) atoms. The quantitative estimate of drug-likeness (QED) is 0.830. The first-order chi connectivity index (χ1) is 10.7. The van der Waals surface area contributed by atoms with Gasteiger partial charge in [-0.2, -0.15) is 0 Å². The van der Waals surface area contributed by atoms with Crippen LogP contribution < -0.4 is 5.32 Å². The zero-order valence-corrected chi connectivity index (χ0v) is 13.2. The topological polar surface area (TPSA) is 44.8 Å². The third kappa shape index (κ3) is 3.85. The lowest BCUT2D eigenvalue weighted by molar-refractivity contribution is -0.148. The van der Waals surface area contributed by atoms with E-state index in [0.717, 1.165) is 45.8 Å². The van der Waals surface area contributed by atoms with Gasteiger partial charge in [0.25, 0.3) is 0 Å². The highest BCUT2D eigenvalue weighted by atomic mass is 16.5. The predicted molar refractivity (Wildman–Crippen MR) is 85.5 cm³/mol. The van der Waals surface area contributed by atoms with E-state index in [-0.39, 0.29) is 12.1 Å². The van der Waals surface area contributed by atoms with Crippen LogP contribution in [0.1, 0.15) is 12.5 Å². The van der Waals surface area contributed by atoms with Crippen LogP contribution in [0.2, 0.25) is 0 Å². The first-order valence-electron chi connectivity index (χ1n) is 8.10. The van der Waals surface area contributed by atoms with Crippen molar-refractivity contribution in [3.8, 4) is 0 Å². The van der Waals surface area contributed by atoms with Gasteiger partial charge < -0.3 is 10.1 Å². The van der Waals surface area contributed by atoms with Crippen molar-refractivity contribution in [2.75, 3.05) is 39.3 Å². The average Bonchev–Trinajstić information content (AvgIpc) is 2.91. The van der Waals surface area contributed by atoms with Crippen molar-refractivity contribution in [2.24, 2.45) is 0 Å². The number of carbonyl (C=O) groups is 1. The summed E-state index contributed by atoms with van der Waals surface area (Å²) in [5, 5.41) is 3.38. The second-order valence-electron chi connectivity index (χ2n) is 6.18. The van der Waals surface area contributed by atoms with E-state index >= 15 is 0 Å². The number of hydrogen-bond donors (Lipinski definition) is 1. The zero-order valence-electron chi connectivity index (χ0n) is 13.2. The van der Waals surface area contributed by atoms with Gasteiger partial charge in [-0.25, -0.2) is 0 Å². The van der Waals surface area contributed by atoms with Crippen LogP contribution >= 0.6 is 0 Å². The first-order valence-corrected chi connectivity index (χ1v) is 8.10. The van der Waals surface area contributed by atoms with Crippen molar-refractivity contribution in [3.05, 3.63) is 35.9 Å². The van der Waals surface area contributed by atoms with Gasteiger partial charge in [-0.15, -0.1) is 0 Å². The molecule has 0 aromatic heterocycles. The van der Waals surface area contributed by atoms with Crippen LogP contribution in [-0.4, -0.2) is 67.2 Å². The molecule has 1 aromatic carbocycles. The molecule has 2 heterocycles. The minimum atomic E-state index is -0.174. The maximum atomic E-state index is 11.4. The van der Waals surface area contributed by atoms with Gasteiger partial charge >= 0.3 is 5.97 Å². The average molecular weight is 303 g/mol. The molecule has 0 unspecified atom stereocenters. The lowest BCUT2D eigenvalue weighted by Crippen LogP contribution is -2.53. The Morgan fingerprint density at radius 1 is 1.23 bits per heavy atom. The van der Waals surface area contributed by atoms with Gasteiger partial charge in [0.1, 0.15) is 6.10 Å². The molecule has 0 aliphatic carbocycles. The highest BCUT2D eigenvalue weighted by Crippen LogP contribution is 2.21. The lowest BCUT2D eigenvalue weighted by atomic mass is 10.1. The zero-order chi connectivity index (χ0) is 15.4. The van der Waals surface area contributed by atoms with Gasteiger partial charge in [-0.05, 0) is 5.56 Å². The third-order valence-corrected chi connectivity index (χ3v) is 4.50. The van der Waals surface area contributed by atoms with E-state index in [1.54, 1.807) is 0 Å².